The van der Waals surface area contributed by atoms with Crippen LogP contribution < -0.4 is 21.9 Å². The highest BCUT2D eigenvalue weighted by molar-refractivity contribution is 5.55. The van der Waals surface area contributed by atoms with Crippen molar-refractivity contribution < 1.29 is 5.11 Å². The molecular weight excluding hydrogens is 400 g/mol. The van der Waals surface area contributed by atoms with E-state index in [1.165, 1.54) is 5.56 Å². The fraction of sp³-hybridized carbons (Fsp3) is 0.240. The molecule has 0 bridgehead atoms. The molecule has 1 aliphatic rings. The molecule has 164 valence electrons. The maximum atomic E-state index is 12.3. The first-order valence-electron chi connectivity index (χ1n) is 11.1. The fourth-order valence-electron chi connectivity index (χ4n) is 4.59. The molecule has 2 aromatic carbocycles. The van der Waals surface area contributed by atoms with Gasteiger partial charge >= 0.3 is 0 Å². The third-order valence-corrected chi connectivity index (χ3v) is 6.23. The Morgan fingerprint density at radius 2 is 1.50 bits per heavy atom. The molecule has 4 aromatic rings. The topological polar surface area (TPSA) is 85.7 Å². The second-order valence-electron chi connectivity index (χ2n) is 8.01. The molecule has 7 nitrogen and oxygen atoms in total. The number of aromatic nitrogens is 2. The predicted molar refractivity (Wildman–Crippen MR) is 124 cm³/mol. The highest BCUT2D eigenvalue weighted by atomic mass is 16.3. The van der Waals surface area contributed by atoms with Crippen LogP contribution in [0.25, 0.3) is 5.65 Å². The quantitative estimate of drug-likeness (QED) is 0.325. The summed E-state index contributed by atoms with van der Waals surface area (Å²) in [7, 11) is 0. The molecule has 0 aliphatic carbocycles. The van der Waals surface area contributed by atoms with Crippen molar-refractivity contribution in [3.05, 3.63) is 107 Å². The Morgan fingerprint density at radius 1 is 0.906 bits per heavy atom. The number of pyridine rings is 1. The SMILES string of the molecule is CCc1cc2nc(C(O)(c3ccccc3)c3ccccc3)c(CC)n2cc1C1NNNN1. The van der Waals surface area contributed by atoms with Gasteiger partial charge in [0.25, 0.3) is 0 Å². The second kappa shape index (κ2) is 8.46. The summed E-state index contributed by atoms with van der Waals surface area (Å²) in [5, 5.41) is 12.3. The number of imidazole rings is 1. The minimum absolute atomic E-state index is 0.0768. The molecule has 1 saturated heterocycles. The van der Waals surface area contributed by atoms with Crippen LogP contribution >= 0.6 is 0 Å². The van der Waals surface area contributed by atoms with Crippen LogP contribution in [0.4, 0.5) is 0 Å². The summed E-state index contributed by atoms with van der Waals surface area (Å²) in [6.45, 7) is 4.24. The van der Waals surface area contributed by atoms with Crippen LogP contribution in [-0.4, -0.2) is 14.5 Å². The Kier molecular flexibility index (Phi) is 5.50. The van der Waals surface area contributed by atoms with Crippen LogP contribution in [0.3, 0.4) is 0 Å². The van der Waals surface area contributed by atoms with Crippen molar-refractivity contribution in [1.82, 2.24) is 31.3 Å². The zero-order valence-electron chi connectivity index (χ0n) is 18.3. The van der Waals surface area contributed by atoms with Gasteiger partial charge in [0.1, 0.15) is 17.5 Å². The van der Waals surface area contributed by atoms with Crippen molar-refractivity contribution >= 4 is 5.65 Å². The van der Waals surface area contributed by atoms with Crippen molar-refractivity contribution in [1.29, 1.82) is 0 Å². The van der Waals surface area contributed by atoms with Crippen LogP contribution in [0.2, 0.25) is 0 Å². The lowest BCUT2D eigenvalue weighted by molar-refractivity contribution is 0.120. The van der Waals surface area contributed by atoms with E-state index in [0.717, 1.165) is 40.9 Å². The monoisotopic (exact) mass is 428 g/mol. The molecule has 0 amide bonds. The molecule has 32 heavy (non-hydrogen) atoms. The Hall–Kier alpha value is -3.07. The van der Waals surface area contributed by atoms with E-state index in [0.29, 0.717) is 5.69 Å². The number of benzene rings is 2. The Balaban J connectivity index is 1.78. The molecular formula is C25H28N6O. The van der Waals surface area contributed by atoms with Gasteiger partial charge in [-0.05, 0) is 35.6 Å². The minimum atomic E-state index is -1.36. The van der Waals surface area contributed by atoms with E-state index in [9.17, 15) is 5.11 Å². The molecule has 5 N–H and O–H groups in total. The standard InChI is InChI=1S/C25H28N6O/c1-3-17-15-22-26-23(21(4-2)31(22)16-20(17)24-27-29-30-28-24)25(32,18-11-7-5-8-12-18)19-13-9-6-10-14-19/h5-16,24,27-30,32H,3-4H2,1-2H3. The number of nitrogens with one attached hydrogen (secondary N) is 4. The van der Waals surface area contributed by atoms with Gasteiger partial charge in [0, 0.05) is 17.5 Å². The average molecular weight is 429 g/mol. The summed E-state index contributed by atoms with van der Waals surface area (Å²) in [6, 6.07) is 21.7. The zero-order chi connectivity index (χ0) is 22.1. The number of hydrazine groups is 3. The molecule has 5 rings (SSSR count). The first-order valence-corrected chi connectivity index (χ1v) is 11.1. The van der Waals surface area contributed by atoms with Gasteiger partial charge in [-0.25, -0.2) is 15.8 Å². The summed E-state index contributed by atoms with van der Waals surface area (Å²) in [6.07, 6.45) is 3.65. The Morgan fingerprint density at radius 3 is 2.03 bits per heavy atom. The Labute approximate surface area is 187 Å². The molecule has 7 heteroatoms. The van der Waals surface area contributed by atoms with E-state index < -0.39 is 5.60 Å². The third-order valence-electron chi connectivity index (χ3n) is 6.23. The number of aryl methyl sites for hydroxylation is 2. The zero-order valence-corrected chi connectivity index (χ0v) is 18.3. The van der Waals surface area contributed by atoms with Crippen LogP contribution in [0.1, 0.15) is 53.7 Å². The van der Waals surface area contributed by atoms with Crippen LogP contribution in [0.5, 0.6) is 0 Å². The van der Waals surface area contributed by atoms with E-state index in [-0.39, 0.29) is 6.17 Å². The summed E-state index contributed by atoms with van der Waals surface area (Å²) < 4.78 is 2.11. The van der Waals surface area contributed by atoms with Gasteiger partial charge in [0.05, 0.1) is 0 Å². The Bertz CT molecular complexity index is 1180. The molecule has 2 aromatic heterocycles. The lowest BCUT2D eigenvalue weighted by atomic mass is 9.82. The van der Waals surface area contributed by atoms with E-state index in [1.807, 2.05) is 60.7 Å². The van der Waals surface area contributed by atoms with Crippen LogP contribution in [-0.2, 0) is 18.4 Å². The smallest absolute Gasteiger partial charge is 0.159 e. The van der Waals surface area contributed by atoms with Gasteiger partial charge in [0.15, 0.2) is 5.60 Å². The summed E-state index contributed by atoms with van der Waals surface area (Å²) in [5.41, 5.74) is 17.2. The largest absolute Gasteiger partial charge is 0.374 e. The van der Waals surface area contributed by atoms with Crippen LogP contribution in [0, 0.1) is 0 Å². The third kappa shape index (κ3) is 3.31. The first kappa shape index (κ1) is 20.8. The van der Waals surface area contributed by atoms with Crippen molar-refractivity contribution in [2.45, 2.75) is 38.5 Å². The minimum Gasteiger partial charge on any atom is -0.374 e. The normalized spacial score (nSPS) is 15.0. The number of hydrogen-bond donors (Lipinski definition) is 5. The lowest BCUT2D eigenvalue weighted by Crippen LogP contribution is -2.33. The molecule has 3 heterocycles. The molecule has 0 radical (unpaired) electrons. The fourth-order valence-corrected chi connectivity index (χ4v) is 4.59. The summed E-state index contributed by atoms with van der Waals surface area (Å²) in [4.78, 5) is 5.03. The van der Waals surface area contributed by atoms with Crippen molar-refractivity contribution in [3.63, 3.8) is 0 Å². The highest BCUT2D eigenvalue weighted by Gasteiger charge is 2.39. The van der Waals surface area contributed by atoms with Gasteiger partial charge in [-0.1, -0.05) is 74.5 Å². The molecule has 0 unspecified atom stereocenters. The van der Waals surface area contributed by atoms with Crippen molar-refractivity contribution in [3.8, 4) is 0 Å². The molecule has 1 fully saturated rings. The first-order chi connectivity index (χ1) is 15.7. The van der Waals surface area contributed by atoms with Gasteiger partial charge in [-0.15, -0.1) is 0 Å². The van der Waals surface area contributed by atoms with Gasteiger partial charge in [-0.2, -0.15) is 11.1 Å². The van der Waals surface area contributed by atoms with Gasteiger partial charge in [-0.3, -0.25) is 0 Å². The summed E-state index contributed by atoms with van der Waals surface area (Å²) in [5.74, 6) is 0. The molecule has 1 aliphatic heterocycles. The highest BCUT2D eigenvalue weighted by Crippen LogP contribution is 2.38. The predicted octanol–water partition coefficient (Wildman–Crippen LogP) is 2.86. The lowest BCUT2D eigenvalue weighted by Gasteiger charge is -2.29. The number of hydrogen-bond acceptors (Lipinski definition) is 6. The van der Waals surface area contributed by atoms with Crippen LogP contribution in [0.15, 0.2) is 72.9 Å². The maximum absolute atomic E-state index is 12.3. The number of rotatable bonds is 6. The number of aliphatic hydroxyl groups is 1. The molecule has 0 atom stereocenters. The number of fused-ring (bicyclic) bond motifs is 1. The van der Waals surface area contributed by atoms with E-state index in [2.05, 4.69) is 52.4 Å². The summed E-state index contributed by atoms with van der Waals surface area (Å²) >= 11 is 0. The maximum Gasteiger partial charge on any atom is 0.159 e. The van der Waals surface area contributed by atoms with E-state index in [4.69, 9.17) is 4.98 Å². The number of nitrogens with zero attached hydrogens (tertiary/aromatic N) is 2. The van der Waals surface area contributed by atoms with Gasteiger partial charge < -0.3 is 9.51 Å². The van der Waals surface area contributed by atoms with Crippen molar-refractivity contribution in [2.24, 2.45) is 0 Å². The molecule has 0 saturated carbocycles. The average Bonchev–Trinajstić information content (AvgIpc) is 3.51. The van der Waals surface area contributed by atoms with Gasteiger partial charge in [0.2, 0.25) is 0 Å². The van der Waals surface area contributed by atoms with E-state index >= 15 is 0 Å². The second-order valence-corrected chi connectivity index (χ2v) is 8.01. The molecule has 0 spiro atoms. The van der Waals surface area contributed by atoms with E-state index in [1.54, 1.807) is 0 Å². The van der Waals surface area contributed by atoms with Crippen molar-refractivity contribution in [2.75, 3.05) is 0 Å².